The predicted octanol–water partition coefficient (Wildman–Crippen LogP) is 5.13. The standard InChI is InChI=1S/C27H41N7O3S.Re/c1-32-19-16-29-25(32)21-34(22-26-30-17-20-33(26)2)18-10-8-6-4-3-5-7-9-11-27(35)31-23-12-14-24(15-13-23)38-37-36-28;/h12-17,19-20H,3-11,18,21-22,28H2,1-2H3,(H,31,35);. The Balaban J connectivity index is 0.00000533. The number of rotatable bonds is 19. The molecule has 0 spiro atoms. The van der Waals surface area contributed by atoms with Crippen molar-refractivity contribution in [2.75, 3.05) is 11.9 Å². The van der Waals surface area contributed by atoms with Gasteiger partial charge in [-0.1, -0.05) is 38.5 Å². The maximum absolute atomic E-state index is 12.2. The fourth-order valence-electron chi connectivity index (χ4n) is 4.27. The zero-order chi connectivity index (χ0) is 27.0. The Morgan fingerprint density at radius 3 is 1.95 bits per heavy atom. The summed E-state index contributed by atoms with van der Waals surface area (Å²) in [6.07, 6.45) is 17.5. The van der Waals surface area contributed by atoms with Crippen LogP contribution in [0.3, 0.4) is 0 Å². The first kappa shape index (κ1) is 33.2. The fraction of sp³-hybridized carbons (Fsp3) is 0.519. The van der Waals surface area contributed by atoms with Crippen LogP contribution in [0.25, 0.3) is 0 Å². The maximum Gasteiger partial charge on any atom is 0.224 e. The van der Waals surface area contributed by atoms with Crippen LogP contribution in [0.5, 0.6) is 0 Å². The molecule has 1 amide bonds. The third kappa shape index (κ3) is 12.8. The van der Waals surface area contributed by atoms with E-state index in [2.05, 4.69) is 38.6 Å². The second kappa shape index (κ2) is 19.1. The number of nitrogens with one attached hydrogen (secondary N) is 1. The van der Waals surface area contributed by atoms with Crippen molar-refractivity contribution in [2.24, 2.45) is 20.0 Å². The number of benzene rings is 1. The molecule has 2 heterocycles. The van der Waals surface area contributed by atoms with Crippen LogP contribution in [0.15, 0.2) is 53.9 Å². The van der Waals surface area contributed by atoms with Gasteiger partial charge >= 0.3 is 0 Å². The van der Waals surface area contributed by atoms with Gasteiger partial charge in [0.25, 0.3) is 0 Å². The van der Waals surface area contributed by atoms with E-state index in [1.54, 1.807) is 0 Å². The minimum absolute atomic E-state index is 0. The van der Waals surface area contributed by atoms with Gasteiger partial charge in [0.15, 0.2) is 0 Å². The maximum atomic E-state index is 12.2. The van der Waals surface area contributed by atoms with E-state index >= 15 is 0 Å². The summed E-state index contributed by atoms with van der Waals surface area (Å²) in [6, 6.07) is 7.32. The van der Waals surface area contributed by atoms with Gasteiger partial charge in [0, 0.05) is 76.3 Å². The van der Waals surface area contributed by atoms with Crippen LogP contribution >= 0.6 is 12.0 Å². The summed E-state index contributed by atoms with van der Waals surface area (Å²) < 4.78 is 8.78. The van der Waals surface area contributed by atoms with Gasteiger partial charge in [-0.15, -0.1) is 9.32 Å². The fourth-order valence-corrected chi connectivity index (χ4v) is 4.63. The number of hydrogen-bond acceptors (Lipinski definition) is 8. The normalized spacial score (nSPS) is 11.1. The molecular formula is C27H41N7O3ReS. The van der Waals surface area contributed by atoms with Crippen molar-refractivity contribution in [2.45, 2.75) is 75.8 Å². The van der Waals surface area contributed by atoms with E-state index in [9.17, 15) is 4.79 Å². The molecule has 0 saturated heterocycles. The SMILES string of the molecule is Cn1ccnc1CN(CCCCCCCCCCC(=O)Nc1ccc(SOON)cc1)Cc1nccn1C.[Re]. The number of imidazole rings is 2. The van der Waals surface area contributed by atoms with Crippen LogP contribution in [0.1, 0.15) is 69.4 Å². The summed E-state index contributed by atoms with van der Waals surface area (Å²) in [6.45, 7) is 2.69. The van der Waals surface area contributed by atoms with Crippen molar-refractivity contribution < 1.29 is 34.5 Å². The zero-order valence-corrected chi connectivity index (χ0v) is 26.5. The molecule has 39 heavy (non-hydrogen) atoms. The molecule has 1 aromatic carbocycles. The number of hydrogen-bond donors (Lipinski definition) is 2. The molecule has 2 aromatic heterocycles. The first-order valence-electron chi connectivity index (χ1n) is 13.3. The van der Waals surface area contributed by atoms with Crippen molar-refractivity contribution in [3.8, 4) is 0 Å². The third-order valence-corrected chi connectivity index (χ3v) is 7.12. The number of nitrogens with two attached hydrogens (primary N) is 1. The quantitative estimate of drug-likeness (QED) is 0.0757. The van der Waals surface area contributed by atoms with E-state index in [0.29, 0.717) is 6.42 Å². The molecule has 0 fully saturated rings. The molecule has 0 aliphatic carbocycles. The Bertz CT molecular complexity index is 1040. The molecule has 3 N–H and O–H groups in total. The van der Waals surface area contributed by atoms with Crippen LogP contribution in [0, 0.1) is 0 Å². The summed E-state index contributed by atoms with van der Waals surface area (Å²) in [5.74, 6) is 7.03. The number of unbranched alkanes of at least 4 members (excludes halogenated alkanes) is 7. The summed E-state index contributed by atoms with van der Waals surface area (Å²) in [4.78, 5) is 28.5. The summed E-state index contributed by atoms with van der Waals surface area (Å²) in [5.41, 5.74) is 0.770. The molecule has 0 aliphatic heterocycles. The van der Waals surface area contributed by atoms with Gasteiger partial charge in [-0.2, -0.15) is 5.90 Å². The third-order valence-electron chi connectivity index (χ3n) is 6.51. The van der Waals surface area contributed by atoms with Crippen molar-refractivity contribution in [1.29, 1.82) is 0 Å². The van der Waals surface area contributed by atoms with E-state index in [1.165, 1.54) is 38.5 Å². The summed E-state index contributed by atoms with van der Waals surface area (Å²) in [7, 11) is 4.09. The Morgan fingerprint density at radius 2 is 1.44 bits per heavy atom. The number of carbonyl (C=O) groups is 1. The Hall–Kier alpha value is -2.04. The van der Waals surface area contributed by atoms with Gasteiger partial charge in [-0.05, 0) is 43.7 Å². The van der Waals surface area contributed by atoms with Crippen molar-refractivity contribution in [1.82, 2.24) is 24.0 Å². The molecule has 0 bridgehead atoms. The monoisotopic (exact) mass is 730 g/mol. The number of carbonyl (C=O) groups excluding carboxylic acids is 1. The van der Waals surface area contributed by atoms with Gasteiger partial charge in [0.1, 0.15) is 11.6 Å². The Morgan fingerprint density at radius 1 is 0.897 bits per heavy atom. The van der Waals surface area contributed by atoms with Gasteiger partial charge in [-0.25, -0.2) is 9.97 Å². The second-order valence-electron chi connectivity index (χ2n) is 9.52. The van der Waals surface area contributed by atoms with Crippen LogP contribution in [-0.4, -0.2) is 36.5 Å². The summed E-state index contributed by atoms with van der Waals surface area (Å²) in [5, 5.41) is 2.93. The number of aromatic nitrogens is 4. The van der Waals surface area contributed by atoms with E-state index in [4.69, 9.17) is 5.90 Å². The van der Waals surface area contributed by atoms with E-state index < -0.39 is 0 Å². The minimum Gasteiger partial charge on any atom is -0.337 e. The first-order chi connectivity index (χ1) is 18.5. The molecule has 0 aliphatic rings. The van der Waals surface area contributed by atoms with Crippen molar-refractivity contribution in [3.63, 3.8) is 0 Å². The molecule has 0 saturated carbocycles. The number of anilines is 1. The second-order valence-corrected chi connectivity index (χ2v) is 10.3. The van der Waals surface area contributed by atoms with E-state index in [-0.39, 0.29) is 26.3 Å². The van der Waals surface area contributed by atoms with Gasteiger partial charge in [-0.3, -0.25) is 9.69 Å². The summed E-state index contributed by atoms with van der Waals surface area (Å²) >= 11 is 1.01. The average molecular weight is 730 g/mol. The molecule has 0 atom stereocenters. The predicted molar refractivity (Wildman–Crippen MR) is 149 cm³/mol. The van der Waals surface area contributed by atoms with Crippen molar-refractivity contribution >= 4 is 23.6 Å². The van der Waals surface area contributed by atoms with Crippen LogP contribution in [-0.2, 0) is 61.7 Å². The Labute approximate surface area is 249 Å². The molecule has 12 heteroatoms. The smallest absolute Gasteiger partial charge is 0.224 e. The van der Waals surface area contributed by atoms with Crippen LogP contribution in [0.2, 0.25) is 0 Å². The largest absolute Gasteiger partial charge is 0.337 e. The van der Waals surface area contributed by atoms with Gasteiger partial charge in [0.2, 0.25) is 5.91 Å². The number of aryl methyl sites for hydroxylation is 2. The van der Waals surface area contributed by atoms with Crippen LogP contribution in [0.4, 0.5) is 5.69 Å². The molecule has 215 valence electrons. The first-order valence-corrected chi connectivity index (χ1v) is 14.0. The Kier molecular flexibility index (Phi) is 16.3. The van der Waals surface area contributed by atoms with Crippen LogP contribution < -0.4 is 11.2 Å². The average Bonchev–Trinajstić information content (AvgIpc) is 3.51. The molecule has 0 unspecified atom stereocenters. The molecular weight excluding hydrogens is 689 g/mol. The zero-order valence-electron chi connectivity index (χ0n) is 22.9. The molecule has 10 nitrogen and oxygen atoms in total. The molecule has 3 aromatic rings. The molecule has 3 rings (SSSR count). The van der Waals surface area contributed by atoms with Gasteiger partial charge < -0.3 is 14.5 Å². The van der Waals surface area contributed by atoms with Gasteiger partial charge in [0.05, 0.1) is 25.1 Å². The minimum atomic E-state index is 0. The number of amides is 1. The van der Waals surface area contributed by atoms with E-state index in [0.717, 1.165) is 66.8 Å². The molecule has 1 radical (unpaired) electrons. The topological polar surface area (TPSA) is 112 Å². The van der Waals surface area contributed by atoms with E-state index in [1.807, 2.05) is 63.1 Å². The van der Waals surface area contributed by atoms with Crippen molar-refractivity contribution in [3.05, 3.63) is 60.7 Å². The number of nitrogens with zero attached hydrogens (tertiary/aromatic N) is 5.